The lowest BCUT2D eigenvalue weighted by atomic mass is 10.0. The van der Waals surface area contributed by atoms with Gasteiger partial charge in [0, 0.05) is 19.6 Å². The summed E-state index contributed by atoms with van der Waals surface area (Å²) in [5.74, 6) is -0.0695. The number of piperidine rings is 2. The highest BCUT2D eigenvalue weighted by molar-refractivity contribution is 7.88. The first-order chi connectivity index (χ1) is 11.0. The lowest BCUT2D eigenvalue weighted by Gasteiger charge is -2.39. The van der Waals surface area contributed by atoms with Crippen LogP contribution in [0.2, 0.25) is 0 Å². The zero-order chi connectivity index (χ0) is 16.4. The summed E-state index contributed by atoms with van der Waals surface area (Å²) in [5.41, 5.74) is 0. The van der Waals surface area contributed by atoms with Crippen molar-refractivity contribution in [3.05, 3.63) is 12.7 Å². The smallest absolute Gasteiger partial charge is 0.241 e. The summed E-state index contributed by atoms with van der Waals surface area (Å²) < 4.78 is 27.1. The Balaban J connectivity index is 1.73. The quantitative estimate of drug-likeness (QED) is 0.787. The van der Waals surface area contributed by atoms with Gasteiger partial charge in [-0.05, 0) is 25.7 Å². The Bertz CT molecular complexity index is 645. The molecule has 2 aliphatic heterocycles. The molecule has 3 heterocycles. The summed E-state index contributed by atoms with van der Waals surface area (Å²) in [7, 11) is -3.36. The molecule has 0 aromatic carbocycles. The molecule has 1 aromatic rings. The van der Waals surface area contributed by atoms with Gasteiger partial charge in [-0.15, -0.1) is 0 Å². The van der Waals surface area contributed by atoms with Crippen molar-refractivity contribution >= 4 is 15.9 Å². The van der Waals surface area contributed by atoms with Crippen molar-refractivity contribution in [2.24, 2.45) is 0 Å². The van der Waals surface area contributed by atoms with E-state index in [-0.39, 0.29) is 11.9 Å². The lowest BCUT2D eigenvalue weighted by Crippen LogP contribution is -2.54. The zero-order valence-corrected chi connectivity index (χ0v) is 14.2. The van der Waals surface area contributed by atoms with E-state index < -0.39 is 16.1 Å². The highest BCUT2D eigenvalue weighted by Gasteiger charge is 2.38. The minimum absolute atomic E-state index is 0.0695. The van der Waals surface area contributed by atoms with Gasteiger partial charge in [0.25, 0.3) is 0 Å². The van der Waals surface area contributed by atoms with Gasteiger partial charge in [-0.2, -0.15) is 9.40 Å². The molecule has 9 heteroatoms. The van der Waals surface area contributed by atoms with Gasteiger partial charge in [-0.1, -0.05) is 6.42 Å². The Hall–Kier alpha value is -1.48. The molecule has 2 atom stereocenters. The number of hydrogen-bond donors (Lipinski definition) is 0. The van der Waals surface area contributed by atoms with Crippen molar-refractivity contribution in [3.63, 3.8) is 0 Å². The average Bonchev–Trinajstić information content (AvgIpc) is 3.08. The van der Waals surface area contributed by atoms with Crippen molar-refractivity contribution in [2.45, 2.75) is 44.2 Å². The number of carbonyl (C=O) groups excluding carboxylic acids is 1. The molecular weight excluding hydrogens is 318 g/mol. The second-order valence-electron chi connectivity index (χ2n) is 6.34. The molecule has 0 bridgehead atoms. The first-order valence-corrected chi connectivity index (χ1v) is 9.91. The zero-order valence-electron chi connectivity index (χ0n) is 13.3. The Kier molecular flexibility index (Phi) is 4.67. The van der Waals surface area contributed by atoms with Crippen molar-refractivity contribution < 1.29 is 13.2 Å². The molecule has 23 heavy (non-hydrogen) atoms. The highest BCUT2D eigenvalue weighted by Crippen LogP contribution is 2.25. The third-order valence-corrected chi connectivity index (χ3v) is 5.97. The van der Waals surface area contributed by atoms with Crippen molar-refractivity contribution in [3.8, 4) is 0 Å². The molecule has 128 valence electrons. The fourth-order valence-electron chi connectivity index (χ4n) is 3.54. The second kappa shape index (κ2) is 6.56. The maximum atomic E-state index is 12.9. The van der Waals surface area contributed by atoms with Crippen LogP contribution < -0.4 is 0 Å². The van der Waals surface area contributed by atoms with Gasteiger partial charge in [0.2, 0.25) is 15.9 Å². The number of amides is 1. The topological polar surface area (TPSA) is 88.4 Å². The van der Waals surface area contributed by atoms with Crippen molar-refractivity contribution in [2.75, 3.05) is 25.9 Å². The molecule has 2 fully saturated rings. The summed E-state index contributed by atoms with van der Waals surface area (Å²) in [6.45, 7) is 1.68. The summed E-state index contributed by atoms with van der Waals surface area (Å²) in [6.07, 6.45) is 8.51. The predicted molar refractivity (Wildman–Crippen MR) is 84.1 cm³/mol. The molecule has 2 saturated heterocycles. The summed E-state index contributed by atoms with van der Waals surface area (Å²) in [5, 5.41) is 4.16. The SMILES string of the molecule is CS(=O)(=O)N1CCCC[C@@H]1C(=O)N1CCC[C@@H](n2cncn2)C1. The van der Waals surface area contributed by atoms with Crippen LogP contribution >= 0.6 is 0 Å². The predicted octanol–water partition coefficient (Wildman–Crippen LogP) is 0.256. The van der Waals surface area contributed by atoms with E-state index >= 15 is 0 Å². The Labute approximate surface area is 136 Å². The van der Waals surface area contributed by atoms with Crippen molar-refractivity contribution in [1.29, 1.82) is 0 Å². The molecule has 2 aliphatic rings. The Morgan fingerprint density at radius 2 is 2.00 bits per heavy atom. The number of nitrogens with zero attached hydrogens (tertiary/aromatic N) is 5. The fraction of sp³-hybridized carbons (Fsp3) is 0.786. The minimum Gasteiger partial charge on any atom is -0.339 e. The number of hydrogen-bond acceptors (Lipinski definition) is 5. The Morgan fingerprint density at radius 1 is 1.17 bits per heavy atom. The minimum atomic E-state index is -3.36. The van der Waals surface area contributed by atoms with E-state index in [4.69, 9.17) is 0 Å². The summed E-state index contributed by atoms with van der Waals surface area (Å²) in [6, 6.07) is -0.432. The van der Waals surface area contributed by atoms with Crippen LogP contribution in [0.15, 0.2) is 12.7 Å². The van der Waals surface area contributed by atoms with E-state index in [1.165, 1.54) is 16.9 Å². The molecule has 0 spiro atoms. The van der Waals surface area contributed by atoms with E-state index in [0.717, 1.165) is 25.7 Å². The van der Waals surface area contributed by atoms with Gasteiger partial charge in [-0.25, -0.2) is 18.1 Å². The van der Waals surface area contributed by atoms with Crippen LogP contribution in [0.5, 0.6) is 0 Å². The van der Waals surface area contributed by atoms with Crippen LogP contribution in [-0.4, -0.2) is 70.2 Å². The standard InChI is InChI=1S/C14H23N5O3S/c1-23(21,22)19-8-3-2-6-13(19)14(20)17-7-4-5-12(9-17)18-11-15-10-16-18/h10-13H,2-9H2,1H3/t12-,13-/m1/s1. The van der Waals surface area contributed by atoms with E-state index in [2.05, 4.69) is 10.1 Å². The largest absolute Gasteiger partial charge is 0.339 e. The van der Waals surface area contributed by atoms with Crippen LogP contribution in [0.25, 0.3) is 0 Å². The van der Waals surface area contributed by atoms with E-state index in [1.54, 1.807) is 15.9 Å². The molecule has 0 unspecified atom stereocenters. The number of rotatable bonds is 3. The van der Waals surface area contributed by atoms with Crippen LogP contribution in [-0.2, 0) is 14.8 Å². The highest BCUT2D eigenvalue weighted by atomic mass is 32.2. The second-order valence-corrected chi connectivity index (χ2v) is 8.28. The molecule has 0 saturated carbocycles. The molecule has 0 aliphatic carbocycles. The number of sulfonamides is 1. The monoisotopic (exact) mass is 341 g/mol. The molecule has 1 aromatic heterocycles. The third kappa shape index (κ3) is 3.55. The van der Waals surface area contributed by atoms with E-state index in [1.807, 2.05) is 0 Å². The number of likely N-dealkylation sites (tertiary alicyclic amines) is 1. The van der Waals surface area contributed by atoms with Crippen LogP contribution in [0.1, 0.15) is 38.1 Å². The molecule has 0 radical (unpaired) electrons. The van der Waals surface area contributed by atoms with Gasteiger partial charge >= 0.3 is 0 Å². The summed E-state index contributed by atoms with van der Waals surface area (Å²) >= 11 is 0. The average molecular weight is 341 g/mol. The fourth-order valence-corrected chi connectivity index (χ4v) is 4.65. The Morgan fingerprint density at radius 3 is 2.70 bits per heavy atom. The number of aromatic nitrogens is 3. The van der Waals surface area contributed by atoms with E-state index in [9.17, 15) is 13.2 Å². The van der Waals surface area contributed by atoms with Crippen LogP contribution in [0.4, 0.5) is 0 Å². The normalized spacial score (nSPS) is 27.1. The van der Waals surface area contributed by atoms with Gasteiger partial charge in [0.05, 0.1) is 12.3 Å². The van der Waals surface area contributed by atoms with Crippen molar-refractivity contribution in [1.82, 2.24) is 24.0 Å². The maximum Gasteiger partial charge on any atom is 0.241 e. The molecule has 1 amide bonds. The third-order valence-electron chi connectivity index (χ3n) is 4.68. The lowest BCUT2D eigenvalue weighted by molar-refractivity contribution is -0.138. The molecule has 0 N–H and O–H groups in total. The number of carbonyl (C=O) groups is 1. The van der Waals surface area contributed by atoms with E-state index in [0.29, 0.717) is 26.1 Å². The van der Waals surface area contributed by atoms with Gasteiger partial charge in [0.15, 0.2) is 0 Å². The molecule has 8 nitrogen and oxygen atoms in total. The molecule has 3 rings (SSSR count). The van der Waals surface area contributed by atoms with Gasteiger partial charge < -0.3 is 4.90 Å². The first-order valence-electron chi connectivity index (χ1n) is 8.06. The first kappa shape index (κ1) is 16.4. The molecular formula is C14H23N5O3S. The van der Waals surface area contributed by atoms with Gasteiger partial charge in [-0.3, -0.25) is 4.79 Å². The van der Waals surface area contributed by atoms with Crippen LogP contribution in [0.3, 0.4) is 0 Å². The van der Waals surface area contributed by atoms with Crippen LogP contribution in [0, 0.1) is 0 Å². The van der Waals surface area contributed by atoms with Gasteiger partial charge in [0.1, 0.15) is 18.7 Å². The summed E-state index contributed by atoms with van der Waals surface area (Å²) in [4.78, 5) is 18.7. The maximum absolute atomic E-state index is 12.9.